The summed E-state index contributed by atoms with van der Waals surface area (Å²) in [6.07, 6.45) is 6.62. The highest BCUT2D eigenvalue weighted by atomic mass is 28.3. The molecule has 0 N–H and O–H groups in total. The summed E-state index contributed by atoms with van der Waals surface area (Å²) in [7, 11) is -1.18. The fraction of sp³-hybridized carbons (Fsp3) is 1.00. The maximum atomic E-state index is 5.72. The predicted molar refractivity (Wildman–Crippen MR) is 45.9 cm³/mol. The van der Waals surface area contributed by atoms with Crippen molar-refractivity contribution < 1.29 is 8.85 Å². The van der Waals surface area contributed by atoms with Gasteiger partial charge in [0.15, 0.2) is 0 Å². The summed E-state index contributed by atoms with van der Waals surface area (Å²) in [4.78, 5) is 0. The second kappa shape index (κ2) is 3.69. The van der Waals surface area contributed by atoms with Crippen LogP contribution in [0.2, 0.25) is 5.54 Å². The normalized spacial score (nSPS) is 39.3. The van der Waals surface area contributed by atoms with E-state index in [4.69, 9.17) is 8.85 Å². The SMILES string of the molecule is C1CCC2CCCO[SiH]2OC1. The van der Waals surface area contributed by atoms with E-state index in [-0.39, 0.29) is 0 Å². The maximum absolute atomic E-state index is 5.72. The van der Waals surface area contributed by atoms with Crippen LogP contribution in [0.25, 0.3) is 0 Å². The summed E-state index contributed by atoms with van der Waals surface area (Å²) in [5, 5.41) is 0. The highest BCUT2D eigenvalue weighted by Crippen LogP contribution is 2.31. The molecule has 2 aliphatic heterocycles. The van der Waals surface area contributed by atoms with Crippen molar-refractivity contribution in [2.24, 2.45) is 0 Å². The molecule has 0 amide bonds. The van der Waals surface area contributed by atoms with E-state index in [2.05, 4.69) is 0 Å². The van der Waals surface area contributed by atoms with E-state index in [0.717, 1.165) is 18.8 Å². The van der Waals surface area contributed by atoms with Crippen molar-refractivity contribution in [1.82, 2.24) is 0 Å². The molecule has 0 saturated carbocycles. The third kappa shape index (κ3) is 1.83. The molecule has 0 aromatic carbocycles. The molecule has 0 spiro atoms. The summed E-state index contributed by atoms with van der Waals surface area (Å²) >= 11 is 0. The smallest absolute Gasteiger partial charge is 0.324 e. The van der Waals surface area contributed by atoms with Gasteiger partial charge in [-0.2, -0.15) is 0 Å². The van der Waals surface area contributed by atoms with Crippen LogP contribution in [0.5, 0.6) is 0 Å². The minimum atomic E-state index is -1.18. The minimum Gasteiger partial charge on any atom is -0.396 e. The van der Waals surface area contributed by atoms with Crippen LogP contribution in [-0.4, -0.2) is 22.5 Å². The second-order valence-corrected chi connectivity index (χ2v) is 5.85. The topological polar surface area (TPSA) is 18.5 Å². The Bertz CT molecular complexity index is 115. The Balaban J connectivity index is 1.93. The first-order chi connectivity index (χ1) is 5.47. The lowest BCUT2D eigenvalue weighted by Gasteiger charge is -2.27. The zero-order valence-electron chi connectivity index (χ0n) is 6.92. The predicted octanol–water partition coefficient (Wildman–Crippen LogP) is 1.59. The van der Waals surface area contributed by atoms with Gasteiger partial charge in [-0.25, -0.2) is 0 Å². The van der Waals surface area contributed by atoms with Gasteiger partial charge in [-0.3, -0.25) is 0 Å². The molecule has 2 saturated heterocycles. The quantitative estimate of drug-likeness (QED) is 0.517. The zero-order valence-corrected chi connectivity index (χ0v) is 8.08. The Morgan fingerprint density at radius 2 is 1.64 bits per heavy atom. The Morgan fingerprint density at radius 3 is 2.55 bits per heavy atom. The van der Waals surface area contributed by atoms with Crippen molar-refractivity contribution in [3.05, 3.63) is 0 Å². The molecule has 2 nitrogen and oxygen atoms in total. The van der Waals surface area contributed by atoms with E-state index in [1.807, 2.05) is 0 Å². The number of hydrogen-bond acceptors (Lipinski definition) is 2. The van der Waals surface area contributed by atoms with Crippen molar-refractivity contribution in [1.29, 1.82) is 0 Å². The van der Waals surface area contributed by atoms with E-state index >= 15 is 0 Å². The van der Waals surface area contributed by atoms with E-state index in [1.54, 1.807) is 0 Å². The highest BCUT2D eigenvalue weighted by molar-refractivity contribution is 6.46. The van der Waals surface area contributed by atoms with Crippen LogP contribution in [0.15, 0.2) is 0 Å². The maximum Gasteiger partial charge on any atom is 0.324 e. The van der Waals surface area contributed by atoms with Crippen LogP contribution in [-0.2, 0) is 8.85 Å². The lowest BCUT2D eigenvalue weighted by Crippen LogP contribution is -2.32. The van der Waals surface area contributed by atoms with E-state index in [0.29, 0.717) is 0 Å². The Hall–Kier alpha value is 0.137. The summed E-state index contributed by atoms with van der Waals surface area (Å²) in [5.41, 5.74) is 0.839. The van der Waals surface area contributed by atoms with Crippen molar-refractivity contribution in [3.63, 3.8) is 0 Å². The Morgan fingerprint density at radius 1 is 0.909 bits per heavy atom. The van der Waals surface area contributed by atoms with Gasteiger partial charge in [-0.1, -0.05) is 6.42 Å². The molecule has 2 rings (SSSR count). The van der Waals surface area contributed by atoms with Gasteiger partial charge in [0.05, 0.1) is 0 Å². The number of rotatable bonds is 0. The summed E-state index contributed by atoms with van der Waals surface area (Å²) in [6.45, 7) is 1.93. The molecule has 0 bridgehead atoms. The summed E-state index contributed by atoms with van der Waals surface area (Å²) in [5.74, 6) is 0. The largest absolute Gasteiger partial charge is 0.396 e. The lowest BCUT2D eigenvalue weighted by atomic mass is 10.1. The molecule has 11 heavy (non-hydrogen) atoms. The third-order valence-corrected chi connectivity index (χ3v) is 5.20. The molecule has 2 heterocycles. The van der Waals surface area contributed by atoms with Gasteiger partial charge >= 0.3 is 9.28 Å². The molecule has 64 valence electrons. The fourth-order valence-electron chi connectivity index (χ4n) is 1.99. The van der Waals surface area contributed by atoms with Crippen LogP contribution >= 0.6 is 0 Å². The molecular weight excluding hydrogens is 156 g/mol. The van der Waals surface area contributed by atoms with E-state index in [1.165, 1.54) is 32.1 Å². The second-order valence-electron chi connectivity index (χ2n) is 3.51. The van der Waals surface area contributed by atoms with Crippen LogP contribution in [0.4, 0.5) is 0 Å². The molecule has 2 aliphatic rings. The molecule has 0 aliphatic carbocycles. The Labute approximate surface area is 69.7 Å². The fourth-order valence-corrected chi connectivity index (χ4v) is 4.44. The van der Waals surface area contributed by atoms with Crippen molar-refractivity contribution in [3.8, 4) is 0 Å². The van der Waals surface area contributed by atoms with E-state index in [9.17, 15) is 0 Å². The number of fused-ring (bicyclic) bond motifs is 1. The average Bonchev–Trinajstić information content (AvgIpc) is 2.28. The van der Waals surface area contributed by atoms with Gasteiger partial charge < -0.3 is 8.85 Å². The molecule has 0 aromatic rings. The first-order valence-corrected chi connectivity index (χ1v) is 6.31. The number of hydrogen-bond donors (Lipinski definition) is 0. The lowest BCUT2D eigenvalue weighted by molar-refractivity contribution is 0.170. The molecule has 2 fully saturated rings. The van der Waals surface area contributed by atoms with Crippen molar-refractivity contribution in [2.45, 2.75) is 37.6 Å². The van der Waals surface area contributed by atoms with Crippen molar-refractivity contribution >= 4 is 9.28 Å². The van der Waals surface area contributed by atoms with Gasteiger partial charge in [0.2, 0.25) is 0 Å². The van der Waals surface area contributed by atoms with Crippen LogP contribution < -0.4 is 0 Å². The van der Waals surface area contributed by atoms with Crippen LogP contribution in [0, 0.1) is 0 Å². The monoisotopic (exact) mass is 172 g/mol. The molecule has 2 unspecified atom stereocenters. The Kier molecular flexibility index (Phi) is 2.61. The van der Waals surface area contributed by atoms with Gasteiger partial charge in [0, 0.05) is 13.2 Å². The third-order valence-electron chi connectivity index (χ3n) is 2.64. The van der Waals surface area contributed by atoms with Gasteiger partial charge in [-0.15, -0.1) is 0 Å². The standard InChI is InChI=1S/C8H16O2Si/c1-2-6-9-11-8(4-1)5-3-7-10-11/h8,11H,1-7H2. The van der Waals surface area contributed by atoms with Gasteiger partial charge in [0.1, 0.15) is 0 Å². The molecule has 2 atom stereocenters. The minimum absolute atomic E-state index is 0.839. The molecule has 3 heteroatoms. The molecular formula is C8H16O2Si. The first-order valence-electron chi connectivity index (χ1n) is 4.70. The highest BCUT2D eigenvalue weighted by Gasteiger charge is 2.30. The molecule has 0 radical (unpaired) electrons. The van der Waals surface area contributed by atoms with Gasteiger partial charge in [-0.05, 0) is 31.2 Å². The van der Waals surface area contributed by atoms with E-state index < -0.39 is 9.28 Å². The first kappa shape index (κ1) is 7.77. The van der Waals surface area contributed by atoms with Crippen LogP contribution in [0.3, 0.4) is 0 Å². The average molecular weight is 172 g/mol. The van der Waals surface area contributed by atoms with Crippen LogP contribution in [0.1, 0.15) is 32.1 Å². The summed E-state index contributed by atoms with van der Waals surface area (Å²) < 4.78 is 11.4. The summed E-state index contributed by atoms with van der Waals surface area (Å²) in [6, 6.07) is 0. The van der Waals surface area contributed by atoms with Gasteiger partial charge in [0.25, 0.3) is 0 Å². The zero-order chi connectivity index (χ0) is 7.52. The van der Waals surface area contributed by atoms with Crippen molar-refractivity contribution in [2.75, 3.05) is 13.2 Å². The molecule has 0 aromatic heterocycles.